The van der Waals surface area contributed by atoms with Crippen molar-refractivity contribution in [3.05, 3.63) is 48.2 Å². The lowest BCUT2D eigenvalue weighted by atomic mass is 10.0. The van der Waals surface area contributed by atoms with Gasteiger partial charge in [-0.1, -0.05) is 18.2 Å². The monoisotopic (exact) mass is 357 g/mol. The summed E-state index contributed by atoms with van der Waals surface area (Å²) < 4.78 is 10.8. The molecule has 1 N–H and O–H groups in total. The van der Waals surface area contributed by atoms with Gasteiger partial charge < -0.3 is 19.5 Å². The summed E-state index contributed by atoms with van der Waals surface area (Å²) in [7, 11) is 3.07. The van der Waals surface area contributed by atoms with Crippen LogP contribution in [-0.4, -0.2) is 61.4 Å². The molecule has 0 aliphatic carbocycles. The average molecular weight is 357 g/mol. The summed E-state index contributed by atoms with van der Waals surface area (Å²) in [5, 5.41) is 9.88. The van der Waals surface area contributed by atoms with Gasteiger partial charge in [0.1, 0.15) is 11.9 Å². The highest BCUT2D eigenvalue weighted by Gasteiger charge is 2.33. The summed E-state index contributed by atoms with van der Waals surface area (Å²) in [5.41, 5.74) is 0.602. The third-order valence-electron chi connectivity index (χ3n) is 4.61. The van der Waals surface area contributed by atoms with E-state index in [4.69, 9.17) is 9.47 Å². The van der Waals surface area contributed by atoms with Crippen molar-refractivity contribution in [2.75, 3.05) is 45.3 Å². The molecule has 1 aromatic carbocycles. The molecule has 1 aliphatic rings. The number of ether oxygens (including phenoxy) is 2. The molecule has 1 fully saturated rings. The van der Waals surface area contributed by atoms with Gasteiger partial charge in [-0.25, -0.2) is 4.98 Å². The number of piperazine rings is 1. The molecule has 0 amide bonds. The Kier molecular flexibility index (Phi) is 5.58. The summed E-state index contributed by atoms with van der Waals surface area (Å²) in [6, 6.07) is 10.4. The summed E-state index contributed by atoms with van der Waals surface area (Å²) in [6.07, 6.45) is 1.77. The molecule has 1 atom stereocenters. The van der Waals surface area contributed by atoms with E-state index in [1.54, 1.807) is 31.5 Å². The number of rotatable bonds is 6. The zero-order valence-electron chi connectivity index (χ0n) is 15.0. The number of benzene rings is 1. The predicted octanol–water partition coefficient (Wildman–Crippen LogP) is 2.05. The molecule has 0 spiro atoms. The summed E-state index contributed by atoms with van der Waals surface area (Å²) in [5.74, 6) is 1.01. The number of carboxylic acids is 1. The van der Waals surface area contributed by atoms with Crippen LogP contribution in [0.15, 0.2) is 42.6 Å². The van der Waals surface area contributed by atoms with Crippen LogP contribution in [0.1, 0.15) is 11.6 Å². The zero-order valence-corrected chi connectivity index (χ0v) is 15.0. The van der Waals surface area contributed by atoms with Crippen molar-refractivity contribution >= 4 is 11.8 Å². The second-order valence-electron chi connectivity index (χ2n) is 6.03. The zero-order chi connectivity index (χ0) is 18.5. The Hall–Kier alpha value is -2.80. The average Bonchev–Trinajstić information content (AvgIpc) is 2.69. The minimum Gasteiger partial charge on any atom is -0.493 e. The molecule has 3 rings (SSSR count). The van der Waals surface area contributed by atoms with Crippen LogP contribution >= 0.6 is 0 Å². The molecule has 138 valence electrons. The van der Waals surface area contributed by atoms with Crippen LogP contribution in [0, 0.1) is 0 Å². The van der Waals surface area contributed by atoms with Gasteiger partial charge in [-0.15, -0.1) is 0 Å². The lowest BCUT2D eigenvalue weighted by Crippen LogP contribution is -2.49. The minimum absolute atomic E-state index is 0.467. The fraction of sp³-hybridized carbons (Fsp3) is 0.368. The van der Waals surface area contributed by atoms with E-state index in [1.807, 2.05) is 23.1 Å². The third-order valence-corrected chi connectivity index (χ3v) is 4.61. The van der Waals surface area contributed by atoms with Crippen LogP contribution in [0.4, 0.5) is 5.82 Å². The van der Waals surface area contributed by atoms with Gasteiger partial charge in [0.25, 0.3) is 0 Å². The van der Waals surface area contributed by atoms with Gasteiger partial charge in [-0.05, 0) is 18.2 Å². The van der Waals surface area contributed by atoms with Gasteiger partial charge in [0.15, 0.2) is 11.5 Å². The number of hydrogen-bond acceptors (Lipinski definition) is 6. The van der Waals surface area contributed by atoms with Gasteiger partial charge in [0.2, 0.25) is 0 Å². The maximum Gasteiger partial charge on any atom is 0.325 e. The highest BCUT2D eigenvalue weighted by atomic mass is 16.5. The number of nitrogens with zero attached hydrogens (tertiary/aromatic N) is 3. The Labute approximate surface area is 152 Å². The van der Waals surface area contributed by atoms with E-state index in [-0.39, 0.29) is 0 Å². The first-order valence-electron chi connectivity index (χ1n) is 8.49. The van der Waals surface area contributed by atoms with Gasteiger partial charge in [0, 0.05) is 37.9 Å². The molecular formula is C19H23N3O4. The first-order chi connectivity index (χ1) is 12.7. The van der Waals surface area contributed by atoms with Gasteiger partial charge in [-0.2, -0.15) is 0 Å². The molecule has 1 aromatic heterocycles. The second-order valence-corrected chi connectivity index (χ2v) is 6.03. The van der Waals surface area contributed by atoms with Crippen molar-refractivity contribution in [3.8, 4) is 11.5 Å². The van der Waals surface area contributed by atoms with Gasteiger partial charge in [0.05, 0.1) is 14.2 Å². The number of anilines is 1. The lowest BCUT2D eigenvalue weighted by Gasteiger charge is -2.38. The Morgan fingerprint density at radius 3 is 2.42 bits per heavy atom. The Balaban J connectivity index is 1.81. The van der Waals surface area contributed by atoms with E-state index in [0.29, 0.717) is 43.2 Å². The van der Waals surface area contributed by atoms with Crippen molar-refractivity contribution in [2.45, 2.75) is 6.04 Å². The number of aliphatic carboxylic acids is 1. The maximum atomic E-state index is 12.1. The van der Waals surface area contributed by atoms with Crippen molar-refractivity contribution in [1.82, 2.24) is 9.88 Å². The molecule has 7 heteroatoms. The Morgan fingerprint density at radius 1 is 1.08 bits per heavy atom. The van der Waals surface area contributed by atoms with Crippen molar-refractivity contribution in [2.24, 2.45) is 0 Å². The Bertz CT molecular complexity index is 746. The topological polar surface area (TPSA) is 75.1 Å². The molecule has 1 aliphatic heterocycles. The van der Waals surface area contributed by atoms with Crippen LogP contribution in [0.25, 0.3) is 0 Å². The molecule has 2 aromatic rings. The second kappa shape index (κ2) is 8.05. The molecule has 26 heavy (non-hydrogen) atoms. The van der Waals surface area contributed by atoms with E-state index in [1.165, 1.54) is 7.11 Å². The molecule has 0 radical (unpaired) electrons. The number of pyridine rings is 1. The quantitative estimate of drug-likeness (QED) is 0.848. The van der Waals surface area contributed by atoms with Crippen LogP contribution < -0.4 is 14.4 Å². The number of aromatic nitrogens is 1. The van der Waals surface area contributed by atoms with Crippen LogP contribution in [0.2, 0.25) is 0 Å². The Morgan fingerprint density at radius 2 is 1.85 bits per heavy atom. The molecular weight excluding hydrogens is 334 g/mol. The summed E-state index contributed by atoms with van der Waals surface area (Å²) >= 11 is 0. The van der Waals surface area contributed by atoms with Crippen molar-refractivity contribution in [1.29, 1.82) is 0 Å². The highest BCUT2D eigenvalue weighted by molar-refractivity contribution is 5.77. The smallest absolute Gasteiger partial charge is 0.325 e. The van der Waals surface area contributed by atoms with Crippen LogP contribution in [-0.2, 0) is 4.79 Å². The SMILES string of the molecule is COc1cccc(C(C(=O)O)N2CCN(c3ccccn3)CC2)c1OC. The fourth-order valence-corrected chi connectivity index (χ4v) is 3.36. The first kappa shape index (κ1) is 18.0. The molecule has 1 saturated heterocycles. The van der Waals surface area contributed by atoms with E-state index < -0.39 is 12.0 Å². The van der Waals surface area contributed by atoms with E-state index >= 15 is 0 Å². The number of carboxylic acid groups (broad SMARTS) is 1. The molecule has 0 bridgehead atoms. The largest absolute Gasteiger partial charge is 0.493 e. The number of hydrogen-bond donors (Lipinski definition) is 1. The number of carbonyl (C=O) groups is 1. The normalized spacial score (nSPS) is 16.2. The van der Waals surface area contributed by atoms with Crippen molar-refractivity contribution < 1.29 is 19.4 Å². The lowest BCUT2D eigenvalue weighted by molar-refractivity contribution is -0.143. The maximum absolute atomic E-state index is 12.1. The molecule has 1 unspecified atom stereocenters. The highest BCUT2D eigenvalue weighted by Crippen LogP contribution is 2.37. The summed E-state index contributed by atoms with van der Waals surface area (Å²) in [4.78, 5) is 20.5. The van der Waals surface area contributed by atoms with Gasteiger partial charge in [-0.3, -0.25) is 9.69 Å². The number of para-hydroxylation sites is 1. The first-order valence-corrected chi connectivity index (χ1v) is 8.49. The standard InChI is InChI=1S/C19H23N3O4/c1-25-15-7-5-6-14(18(15)26-2)17(19(23)24)22-12-10-21(11-13-22)16-8-3-4-9-20-16/h3-9,17H,10-13H2,1-2H3,(H,23,24). The molecule has 2 heterocycles. The number of methoxy groups -OCH3 is 2. The fourth-order valence-electron chi connectivity index (χ4n) is 3.36. The van der Waals surface area contributed by atoms with E-state index in [9.17, 15) is 9.90 Å². The van der Waals surface area contributed by atoms with Gasteiger partial charge >= 0.3 is 5.97 Å². The predicted molar refractivity (Wildman–Crippen MR) is 97.9 cm³/mol. The summed E-state index contributed by atoms with van der Waals surface area (Å²) in [6.45, 7) is 2.67. The molecule has 0 saturated carbocycles. The third kappa shape index (κ3) is 3.57. The van der Waals surface area contributed by atoms with Crippen molar-refractivity contribution in [3.63, 3.8) is 0 Å². The van der Waals surface area contributed by atoms with E-state index in [0.717, 1.165) is 5.82 Å². The van der Waals surface area contributed by atoms with Crippen LogP contribution in [0.3, 0.4) is 0 Å². The molecule has 7 nitrogen and oxygen atoms in total. The van der Waals surface area contributed by atoms with Crippen LogP contribution in [0.5, 0.6) is 11.5 Å². The minimum atomic E-state index is -0.900. The van der Waals surface area contributed by atoms with E-state index in [2.05, 4.69) is 9.88 Å².